The lowest BCUT2D eigenvalue weighted by Crippen LogP contribution is -2.35. The van der Waals surface area contributed by atoms with Crippen molar-refractivity contribution < 1.29 is 4.79 Å². The fourth-order valence-electron chi connectivity index (χ4n) is 3.85. The van der Waals surface area contributed by atoms with Crippen molar-refractivity contribution in [1.29, 1.82) is 5.41 Å². The largest absolute Gasteiger partial charge is 0.318 e. The van der Waals surface area contributed by atoms with Crippen LogP contribution >= 0.6 is 11.8 Å². The van der Waals surface area contributed by atoms with Gasteiger partial charge in [0.25, 0.3) is 5.91 Å². The van der Waals surface area contributed by atoms with Crippen LogP contribution in [0, 0.1) is 19.3 Å². The highest BCUT2D eigenvalue weighted by molar-refractivity contribution is 8.26. The Balaban J connectivity index is 1.69. The lowest BCUT2D eigenvalue weighted by molar-refractivity contribution is -0.114. The molecule has 0 saturated carbocycles. The number of aliphatic imine (C=N–C) groups is 1. The van der Waals surface area contributed by atoms with Crippen LogP contribution in [-0.2, 0) is 4.79 Å². The lowest BCUT2D eigenvalue weighted by atomic mass is 9.98. The summed E-state index contributed by atoms with van der Waals surface area (Å²) in [5.74, 6) is 0.224. The fourth-order valence-corrected chi connectivity index (χ4v) is 4.67. The van der Waals surface area contributed by atoms with E-state index < -0.39 is 0 Å². The van der Waals surface area contributed by atoms with Gasteiger partial charge >= 0.3 is 0 Å². The molecule has 160 valence electrons. The van der Waals surface area contributed by atoms with E-state index in [2.05, 4.69) is 59.7 Å². The maximum atomic E-state index is 12.7. The van der Waals surface area contributed by atoms with E-state index in [9.17, 15) is 4.79 Å². The Morgan fingerprint density at radius 3 is 2.55 bits per heavy atom. The van der Waals surface area contributed by atoms with E-state index in [1.807, 2.05) is 19.9 Å². The monoisotopic (exact) mass is 433 g/mol. The molecule has 3 heterocycles. The number of amides is 1. The van der Waals surface area contributed by atoms with Gasteiger partial charge in [-0.15, -0.1) is 0 Å². The first-order valence-electron chi connectivity index (χ1n) is 10.6. The topological polar surface area (TPSA) is 73.8 Å². The minimum Gasteiger partial charge on any atom is -0.318 e. The molecule has 2 aliphatic rings. The molecule has 6 nitrogen and oxygen atoms in total. The van der Waals surface area contributed by atoms with Crippen LogP contribution in [0.5, 0.6) is 0 Å². The molecule has 1 N–H and O–H groups in total. The maximum Gasteiger partial charge on any atom is 0.283 e. The Morgan fingerprint density at radius 1 is 1.19 bits per heavy atom. The third-order valence-corrected chi connectivity index (χ3v) is 6.95. The van der Waals surface area contributed by atoms with E-state index in [0.717, 1.165) is 40.5 Å². The zero-order chi connectivity index (χ0) is 22.3. The third kappa shape index (κ3) is 3.78. The number of nitrogens with zero attached hydrogens (tertiary/aromatic N) is 4. The molecule has 1 aromatic heterocycles. The summed E-state index contributed by atoms with van der Waals surface area (Å²) in [6.45, 7) is 10.5. The second-order valence-corrected chi connectivity index (χ2v) is 8.97. The van der Waals surface area contributed by atoms with Crippen LogP contribution in [0.1, 0.15) is 62.0 Å². The highest BCUT2D eigenvalue weighted by Gasteiger charge is 2.35. The van der Waals surface area contributed by atoms with Crippen molar-refractivity contribution in [3.63, 3.8) is 0 Å². The Morgan fingerprint density at radius 2 is 1.90 bits per heavy atom. The summed E-state index contributed by atoms with van der Waals surface area (Å²) in [5, 5.41) is 15.7. The van der Waals surface area contributed by atoms with E-state index in [-0.39, 0.29) is 17.3 Å². The number of thioether (sulfide) groups is 1. The molecule has 2 aromatic rings. The van der Waals surface area contributed by atoms with Crippen LogP contribution in [0.4, 0.5) is 0 Å². The number of amidine groups is 2. The molecule has 31 heavy (non-hydrogen) atoms. The molecule has 0 saturated heterocycles. The Hall–Kier alpha value is -2.93. The second-order valence-electron chi connectivity index (χ2n) is 7.93. The first-order chi connectivity index (χ1) is 14.8. The highest BCUT2D eigenvalue weighted by atomic mass is 32.2. The lowest BCUT2D eigenvalue weighted by Gasteiger charge is -2.20. The quantitative estimate of drug-likeness (QED) is 0.620. The smallest absolute Gasteiger partial charge is 0.283 e. The number of hydrazone groups is 1. The van der Waals surface area contributed by atoms with Crippen LogP contribution in [0.2, 0.25) is 0 Å². The number of rotatable bonds is 5. The molecule has 1 aromatic carbocycles. The van der Waals surface area contributed by atoms with Gasteiger partial charge in [0.1, 0.15) is 5.04 Å². The minimum absolute atomic E-state index is 0.0775. The molecule has 0 radical (unpaired) electrons. The molecule has 0 unspecified atom stereocenters. The van der Waals surface area contributed by atoms with Crippen molar-refractivity contribution in [2.75, 3.05) is 0 Å². The maximum absolute atomic E-state index is 12.7. The molecule has 0 fully saturated rings. The zero-order valence-corrected chi connectivity index (χ0v) is 19.4. The summed E-state index contributed by atoms with van der Waals surface area (Å²) in [6, 6.07) is 10.7. The molecule has 7 heteroatoms. The highest BCUT2D eigenvalue weighted by Crippen LogP contribution is 2.30. The van der Waals surface area contributed by atoms with Crippen molar-refractivity contribution in [3.05, 3.63) is 58.4 Å². The van der Waals surface area contributed by atoms with Crippen molar-refractivity contribution in [2.24, 2.45) is 10.1 Å². The van der Waals surface area contributed by atoms with Gasteiger partial charge in [-0.3, -0.25) is 10.2 Å². The molecule has 0 spiro atoms. The fraction of sp³-hybridized carbons (Fsp3) is 0.333. The standard InChI is InChI=1S/C24H27N5OS/c1-6-14(3)17-8-10-19(11-9-17)28-15(4)12-18(16(28)5)13-20-22(25)29-24(26-23(20)30)31-21(7-2)27-29/h8-14,25H,6-7H2,1-5H3/b20-13-,25-22?/t14-/m0/s1. The van der Waals surface area contributed by atoms with E-state index in [1.165, 1.54) is 22.3 Å². The molecule has 1 atom stereocenters. The summed E-state index contributed by atoms with van der Waals surface area (Å²) in [6.07, 6.45) is 3.63. The summed E-state index contributed by atoms with van der Waals surface area (Å²) >= 11 is 1.35. The van der Waals surface area contributed by atoms with Crippen molar-refractivity contribution in [1.82, 2.24) is 9.58 Å². The van der Waals surface area contributed by atoms with E-state index in [4.69, 9.17) is 5.41 Å². The summed E-state index contributed by atoms with van der Waals surface area (Å²) in [4.78, 5) is 16.8. The minimum atomic E-state index is -0.390. The molecular formula is C24H27N5OS. The number of benzene rings is 1. The average molecular weight is 434 g/mol. The summed E-state index contributed by atoms with van der Waals surface area (Å²) in [5.41, 5.74) is 5.68. The number of carbonyl (C=O) groups excluding carboxylic acids is 1. The molecule has 0 aliphatic carbocycles. The van der Waals surface area contributed by atoms with Gasteiger partial charge in [0.2, 0.25) is 5.17 Å². The van der Waals surface area contributed by atoms with Crippen molar-refractivity contribution >= 4 is 39.8 Å². The van der Waals surface area contributed by atoms with Gasteiger partial charge in [0.15, 0.2) is 5.84 Å². The van der Waals surface area contributed by atoms with Gasteiger partial charge in [-0.05, 0) is 79.8 Å². The van der Waals surface area contributed by atoms with Crippen LogP contribution < -0.4 is 0 Å². The molecule has 1 amide bonds. The Bertz CT molecular complexity index is 1150. The predicted molar refractivity (Wildman–Crippen MR) is 129 cm³/mol. The third-order valence-electron chi connectivity index (χ3n) is 5.90. The average Bonchev–Trinajstić information content (AvgIpc) is 3.30. The zero-order valence-electron chi connectivity index (χ0n) is 18.6. The number of fused-ring (bicyclic) bond motifs is 1. The number of hydrogen-bond donors (Lipinski definition) is 1. The molecule has 4 rings (SSSR count). The van der Waals surface area contributed by atoms with Crippen LogP contribution in [0.25, 0.3) is 11.8 Å². The molecule has 2 aliphatic heterocycles. The van der Waals surface area contributed by atoms with Gasteiger partial charge in [-0.1, -0.05) is 32.9 Å². The summed E-state index contributed by atoms with van der Waals surface area (Å²) < 4.78 is 2.18. The van der Waals surface area contributed by atoms with Crippen LogP contribution in [0.3, 0.4) is 0 Å². The Kier molecular flexibility index (Phi) is 5.71. The number of carbonyl (C=O) groups is 1. The van der Waals surface area contributed by atoms with E-state index >= 15 is 0 Å². The van der Waals surface area contributed by atoms with E-state index in [1.54, 1.807) is 6.08 Å². The second kappa shape index (κ2) is 8.30. The number of aryl methyl sites for hydroxylation is 1. The van der Waals surface area contributed by atoms with Gasteiger partial charge in [0, 0.05) is 17.1 Å². The first kappa shape index (κ1) is 21.3. The normalized spacial score (nSPS) is 18.4. The van der Waals surface area contributed by atoms with Crippen molar-refractivity contribution in [2.45, 2.75) is 53.4 Å². The molecule has 0 bridgehead atoms. The number of aromatic nitrogens is 1. The van der Waals surface area contributed by atoms with Crippen LogP contribution in [0.15, 0.2) is 46.0 Å². The van der Waals surface area contributed by atoms with Crippen LogP contribution in [-0.4, -0.2) is 31.5 Å². The van der Waals surface area contributed by atoms with Gasteiger partial charge in [-0.2, -0.15) is 15.1 Å². The molecular weight excluding hydrogens is 406 g/mol. The SMILES string of the molecule is CCC1=NN2C(=N)/C(=C/c3cc(C)n(-c4ccc([C@@H](C)CC)cc4)c3C)C(=O)N=C2S1. The Labute approximate surface area is 187 Å². The van der Waals surface area contributed by atoms with Gasteiger partial charge in [0.05, 0.1) is 5.57 Å². The van der Waals surface area contributed by atoms with Gasteiger partial charge in [-0.25, -0.2) is 0 Å². The van der Waals surface area contributed by atoms with Gasteiger partial charge < -0.3 is 4.57 Å². The first-order valence-corrected chi connectivity index (χ1v) is 11.4. The number of nitrogens with one attached hydrogen (secondary N) is 1. The number of hydrogen-bond acceptors (Lipinski definition) is 4. The summed E-state index contributed by atoms with van der Waals surface area (Å²) in [7, 11) is 0. The van der Waals surface area contributed by atoms with E-state index in [0.29, 0.717) is 11.1 Å². The predicted octanol–water partition coefficient (Wildman–Crippen LogP) is 5.64. The van der Waals surface area contributed by atoms with Crippen molar-refractivity contribution in [3.8, 4) is 5.69 Å².